The maximum atomic E-state index is 12.9. The van der Waals surface area contributed by atoms with E-state index in [0.29, 0.717) is 6.04 Å². The molecule has 0 aliphatic rings. The highest BCUT2D eigenvalue weighted by Crippen LogP contribution is 2.25. The fraction of sp³-hybridized carbons (Fsp3) is 0.667. The first-order valence-electron chi connectivity index (χ1n) is 8.03. The molecule has 1 N–H and O–H groups in total. The lowest BCUT2D eigenvalue weighted by Gasteiger charge is -2.25. The van der Waals surface area contributed by atoms with Crippen LogP contribution in [0.2, 0.25) is 0 Å². The molecule has 21 heavy (non-hydrogen) atoms. The van der Waals surface area contributed by atoms with E-state index in [1.54, 1.807) is 0 Å². The van der Waals surface area contributed by atoms with Gasteiger partial charge in [0.1, 0.15) is 0 Å². The molecule has 0 bridgehead atoms. The molecule has 3 heteroatoms. The van der Waals surface area contributed by atoms with Crippen LogP contribution in [0.25, 0.3) is 0 Å². The Hall–Kier alpha value is -0.670. The molecule has 0 heterocycles. The van der Waals surface area contributed by atoms with Crippen molar-refractivity contribution in [3.05, 3.63) is 29.8 Å². The van der Waals surface area contributed by atoms with Crippen LogP contribution in [0.15, 0.2) is 29.2 Å². The van der Waals surface area contributed by atoms with Gasteiger partial charge in [-0.15, -0.1) is 0 Å². The van der Waals surface area contributed by atoms with E-state index < -0.39 is 10.8 Å². The van der Waals surface area contributed by atoms with Crippen LogP contribution < -0.4 is 5.32 Å². The molecule has 0 aromatic heterocycles. The summed E-state index contributed by atoms with van der Waals surface area (Å²) in [5.74, 6) is 0. The highest BCUT2D eigenvalue weighted by atomic mass is 32.2. The number of hydrogen-bond donors (Lipinski definition) is 1. The first-order valence-corrected chi connectivity index (χ1v) is 9.24. The van der Waals surface area contributed by atoms with Crippen molar-refractivity contribution in [2.24, 2.45) is 0 Å². The smallest absolute Gasteiger partial charge is 0.0576 e. The van der Waals surface area contributed by atoms with E-state index in [2.05, 4.69) is 52.1 Å². The Morgan fingerprint density at radius 3 is 2.10 bits per heavy atom. The Morgan fingerprint density at radius 2 is 1.71 bits per heavy atom. The van der Waals surface area contributed by atoms with E-state index in [0.717, 1.165) is 24.2 Å². The van der Waals surface area contributed by atoms with Gasteiger partial charge in [-0.1, -0.05) is 53.2 Å². The molecular weight excluding hydrogens is 278 g/mol. The van der Waals surface area contributed by atoms with Gasteiger partial charge in [0, 0.05) is 10.9 Å². The van der Waals surface area contributed by atoms with E-state index >= 15 is 0 Å². The Kier molecular flexibility index (Phi) is 7.08. The van der Waals surface area contributed by atoms with Gasteiger partial charge in [-0.05, 0) is 43.0 Å². The van der Waals surface area contributed by atoms with Crippen molar-refractivity contribution in [1.82, 2.24) is 5.32 Å². The summed E-state index contributed by atoms with van der Waals surface area (Å²) in [6.45, 7) is 10.9. The molecule has 0 aliphatic heterocycles. The number of rotatable bonds is 7. The second kappa shape index (κ2) is 8.09. The van der Waals surface area contributed by atoms with Crippen LogP contribution >= 0.6 is 0 Å². The molecule has 0 aliphatic carbocycles. The number of benzene rings is 1. The standard InChI is InChI=1S/C18H31NOS/c1-7-9-16(19-6)17(8-2)21(20)15-12-10-14(11-13-15)18(3,4)5/h10-13,16-17,19H,7-9H2,1-6H3. The van der Waals surface area contributed by atoms with E-state index in [1.807, 2.05) is 19.2 Å². The van der Waals surface area contributed by atoms with Gasteiger partial charge < -0.3 is 5.32 Å². The topological polar surface area (TPSA) is 29.1 Å². The SMILES string of the molecule is CCCC(NC)C(CC)S(=O)c1ccc(C(C)(C)C)cc1. The van der Waals surface area contributed by atoms with Crippen molar-refractivity contribution in [3.63, 3.8) is 0 Å². The first kappa shape index (κ1) is 18.4. The molecule has 120 valence electrons. The van der Waals surface area contributed by atoms with Crippen molar-refractivity contribution in [2.45, 2.75) is 75.5 Å². The lowest BCUT2D eigenvalue weighted by molar-refractivity contribution is 0.480. The summed E-state index contributed by atoms with van der Waals surface area (Å²) in [6, 6.07) is 8.64. The number of hydrogen-bond acceptors (Lipinski definition) is 2. The van der Waals surface area contributed by atoms with Gasteiger partial charge in [0.25, 0.3) is 0 Å². The molecule has 0 saturated heterocycles. The summed E-state index contributed by atoms with van der Waals surface area (Å²) in [4.78, 5) is 0.950. The third kappa shape index (κ3) is 4.93. The first-order chi connectivity index (χ1) is 9.85. The largest absolute Gasteiger partial charge is 0.316 e. The monoisotopic (exact) mass is 309 g/mol. The van der Waals surface area contributed by atoms with Crippen LogP contribution in [-0.2, 0) is 16.2 Å². The summed E-state index contributed by atoms with van der Waals surface area (Å²) >= 11 is 0. The highest BCUT2D eigenvalue weighted by molar-refractivity contribution is 7.85. The summed E-state index contributed by atoms with van der Waals surface area (Å²) in [6.07, 6.45) is 3.11. The third-order valence-electron chi connectivity index (χ3n) is 4.05. The normalized spacial score (nSPS) is 16.5. The van der Waals surface area contributed by atoms with Gasteiger partial charge in [0.15, 0.2) is 0 Å². The summed E-state index contributed by atoms with van der Waals surface area (Å²) in [5.41, 5.74) is 1.43. The minimum absolute atomic E-state index is 0.139. The van der Waals surface area contributed by atoms with Crippen molar-refractivity contribution < 1.29 is 4.21 Å². The van der Waals surface area contributed by atoms with Gasteiger partial charge in [-0.3, -0.25) is 4.21 Å². The van der Waals surface area contributed by atoms with Crippen molar-refractivity contribution in [2.75, 3.05) is 7.05 Å². The van der Waals surface area contributed by atoms with Gasteiger partial charge >= 0.3 is 0 Å². The highest BCUT2D eigenvalue weighted by Gasteiger charge is 2.25. The predicted octanol–water partition coefficient (Wildman–Crippen LogP) is 4.26. The molecule has 1 aromatic carbocycles. The van der Waals surface area contributed by atoms with Gasteiger partial charge in [0.2, 0.25) is 0 Å². The van der Waals surface area contributed by atoms with E-state index in [1.165, 1.54) is 5.56 Å². The molecular formula is C18H31NOS. The molecule has 3 atom stereocenters. The molecule has 0 fully saturated rings. The van der Waals surface area contributed by atoms with Crippen LogP contribution in [0, 0.1) is 0 Å². The summed E-state index contributed by atoms with van der Waals surface area (Å²) in [5, 5.41) is 3.52. The molecule has 0 radical (unpaired) electrons. The van der Waals surface area contributed by atoms with Crippen molar-refractivity contribution >= 4 is 10.8 Å². The van der Waals surface area contributed by atoms with E-state index in [4.69, 9.17) is 0 Å². The van der Waals surface area contributed by atoms with Crippen LogP contribution in [0.4, 0.5) is 0 Å². The zero-order valence-electron chi connectivity index (χ0n) is 14.4. The molecule has 0 amide bonds. The maximum absolute atomic E-state index is 12.9. The minimum atomic E-state index is -0.950. The molecule has 0 saturated carbocycles. The van der Waals surface area contributed by atoms with Crippen LogP contribution in [0.3, 0.4) is 0 Å². The van der Waals surface area contributed by atoms with Crippen molar-refractivity contribution in [1.29, 1.82) is 0 Å². The quantitative estimate of drug-likeness (QED) is 0.815. The second-order valence-corrected chi connectivity index (χ2v) is 8.37. The summed E-state index contributed by atoms with van der Waals surface area (Å²) in [7, 11) is 1.02. The van der Waals surface area contributed by atoms with E-state index in [-0.39, 0.29) is 10.7 Å². The van der Waals surface area contributed by atoms with Crippen LogP contribution in [0.1, 0.15) is 59.4 Å². The average Bonchev–Trinajstić information content (AvgIpc) is 2.46. The zero-order chi connectivity index (χ0) is 16.0. The lowest BCUT2D eigenvalue weighted by atomic mass is 9.87. The molecule has 0 spiro atoms. The zero-order valence-corrected chi connectivity index (χ0v) is 15.2. The molecule has 1 aromatic rings. The fourth-order valence-electron chi connectivity index (χ4n) is 2.68. The summed E-state index contributed by atoms with van der Waals surface area (Å²) < 4.78 is 12.9. The third-order valence-corrected chi connectivity index (χ3v) is 6.00. The van der Waals surface area contributed by atoms with Gasteiger partial charge in [-0.25, -0.2) is 0 Å². The lowest BCUT2D eigenvalue weighted by Crippen LogP contribution is -2.39. The molecule has 2 nitrogen and oxygen atoms in total. The Bertz CT molecular complexity index is 447. The fourth-order valence-corrected chi connectivity index (χ4v) is 4.30. The Morgan fingerprint density at radius 1 is 1.14 bits per heavy atom. The van der Waals surface area contributed by atoms with Crippen molar-refractivity contribution in [3.8, 4) is 0 Å². The van der Waals surface area contributed by atoms with Gasteiger partial charge in [-0.2, -0.15) is 0 Å². The van der Waals surface area contributed by atoms with Gasteiger partial charge in [0.05, 0.1) is 16.0 Å². The maximum Gasteiger partial charge on any atom is 0.0576 e. The second-order valence-electron chi connectivity index (χ2n) is 6.70. The Balaban J connectivity index is 2.95. The minimum Gasteiger partial charge on any atom is -0.316 e. The number of nitrogens with one attached hydrogen (secondary N) is 1. The van der Waals surface area contributed by atoms with Crippen LogP contribution in [-0.4, -0.2) is 22.5 Å². The van der Waals surface area contributed by atoms with E-state index in [9.17, 15) is 4.21 Å². The molecule has 1 rings (SSSR count). The molecule has 3 unspecified atom stereocenters. The predicted molar refractivity (Wildman–Crippen MR) is 93.4 cm³/mol. The average molecular weight is 310 g/mol. The van der Waals surface area contributed by atoms with Crippen LogP contribution in [0.5, 0.6) is 0 Å². The Labute approximate surface area is 133 Å².